The number of halogens is 1. The number of carbonyl (C=O) groups excluding carboxylic acids is 2. The van der Waals surface area contributed by atoms with E-state index in [2.05, 4.69) is 10.6 Å². The van der Waals surface area contributed by atoms with Gasteiger partial charge in [0.2, 0.25) is 0 Å². The van der Waals surface area contributed by atoms with Crippen molar-refractivity contribution in [3.05, 3.63) is 95.3 Å². The first-order valence-electron chi connectivity index (χ1n) is 10.7. The lowest BCUT2D eigenvalue weighted by Crippen LogP contribution is -2.48. The molecule has 0 saturated carbocycles. The fourth-order valence-corrected chi connectivity index (χ4v) is 3.36. The first-order chi connectivity index (χ1) is 16.9. The molecule has 0 aliphatic carbocycles. The summed E-state index contributed by atoms with van der Waals surface area (Å²) in [6, 6.07) is 18.5. The van der Waals surface area contributed by atoms with E-state index >= 15 is 0 Å². The molecule has 0 radical (unpaired) electrons. The summed E-state index contributed by atoms with van der Waals surface area (Å²) in [4.78, 5) is 36.2. The highest BCUT2D eigenvalue weighted by Gasteiger charge is 2.22. The van der Waals surface area contributed by atoms with E-state index in [-0.39, 0.29) is 12.2 Å². The number of amides is 2. The van der Waals surface area contributed by atoms with Gasteiger partial charge in [-0.2, -0.15) is 0 Å². The van der Waals surface area contributed by atoms with Gasteiger partial charge >= 0.3 is 12.1 Å². The number of carboxylic acids is 1. The van der Waals surface area contributed by atoms with Gasteiger partial charge in [-0.25, -0.2) is 14.0 Å². The number of benzene rings is 3. The van der Waals surface area contributed by atoms with Gasteiger partial charge in [0, 0.05) is 19.2 Å². The predicted molar refractivity (Wildman–Crippen MR) is 126 cm³/mol. The van der Waals surface area contributed by atoms with Crippen LogP contribution in [0, 0.1) is 5.82 Å². The molecule has 8 nitrogen and oxygen atoms in total. The van der Waals surface area contributed by atoms with Crippen LogP contribution in [0.1, 0.15) is 21.5 Å². The van der Waals surface area contributed by atoms with Gasteiger partial charge in [0.25, 0.3) is 5.91 Å². The zero-order chi connectivity index (χ0) is 25.2. The second kappa shape index (κ2) is 12.3. The van der Waals surface area contributed by atoms with E-state index in [1.807, 2.05) is 18.2 Å². The fraction of sp³-hybridized carbons (Fsp3) is 0.192. The van der Waals surface area contributed by atoms with E-state index in [9.17, 15) is 23.9 Å². The number of ether oxygens (including phenoxy) is 2. The lowest BCUT2D eigenvalue weighted by atomic mass is 9.98. The molecule has 3 rings (SSSR count). The molecule has 0 aliphatic heterocycles. The van der Waals surface area contributed by atoms with Crippen LogP contribution < -0.4 is 10.6 Å². The van der Waals surface area contributed by atoms with Crippen molar-refractivity contribution in [2.75, 3.05) is 13.7 Å². The highest BCUT2D eigenvalue weighted by Crippen LogP contribution is 2.26. The van der Waals surface area contributed by atoms with E-state index in [0.29, 0.717) is 17.7 Å². The number of nitrogens with one attached hydrogen (secondary N) is 2. The van der Waals surface area contributed by atoms with Crippen molar-refractivity contribution in [1.82, 2.24) is 10.6 Å². The summed E-state index contributed by atoms with van der Waals surface area (Å²) in [6.07, 6.45) is -0.946. The van der Waals surface area contributed by atoms with Crippen LogP contribution in [-0.4, -0.2) is 42.8 Å². The SMILES string of the molecule is COCc1ccccc1-c1cc(F)cc(C(=O)NC[C@@H](NC(=O)OCc2ccccc2)C(=O)O)c1. The van der Waals surface area contributed by atoms with Gasteiger partial charge in [0.15, 0.2) is 0 Å². The molecule has 3 aromatic carbocycles. The first-order valence-corrected chi connectivity index (χ1v) is 10.7. The molecule has 0 aliphatic rings. The van der Waals surface area contributed by atoms with E-state index in [0.717, 1.165) is 17.2 Å². The molecule has 0 saturated heterocycles. The molecule has 182 valence electrons. The number of hydrogen-bond acceptors (Lipinski definition) is 5. The van der Waals surface area contributed by atoms with Crippen molar-refractivity contribution >= 4 is 18.0 Å². The minimum atomic E-state index is -1.45. The predicted octanol–water partition coefficient (Wildman–Crippen LogP) is 3.75. The number of alkyl carbamates (subject to hydrolysis) is 1. The highest BCUT2D eigenvalue weighted by atomic mass is 19.1. The third-order valence-corrected chi connectivity index (χ3v) is 5.06. The van der Waals surface area contributed by atoms with E-state index in [1.54, 1.807) is 43.5 Å². The molecule has 0 bridgehead atoms. The van der Waals surface area contributed by atoms with Gasteiger partial charge in [-0.05, 0) is 40.5 Å². The third kappa shape index (κ3) is 7.38. The summed E-state index contributed by atoms with van der Waals surface area (Å²) in [7, 11) is 1.55. The molecule has 0 aromatic heterocycles. The minimum Gasteiger partial charge on any atom is -0.480 e. The topological polar surface area (TPSA) is 114 Å². The molecule has 0 heterocycles. The summed E-state index contributed by atoms with van der Waals surface area (Å²) >= 11 is 0. The highest BCUT2D eigenvalue weighted by molar-refractivity contribution is 5.96. The van der Waals surface area contributed by atoms with Crippen molar-refractivity contribution in [1.29, 1.82) is 0 Å². The molecule has 0 unspecified atom stereocenters. The molecule has 1 atom stereocenters. The van der Waals surface area contributed by atoms with Crippen LogP contribution in [0.5, 0.6) is 0 Å². The Labute approximate surface area is 201 Å². The van der Waals surface area contributed by atoms with Crippen LogP contribution in [0.3, 0.4) is 0 Å². The number of rotatable bonds is 10. The zero-order valence-corrected chi connectivity index (χ0v) is 19.0. The van der Waals surface area contributed by atoms with Crippen molar-refractivity contribution in [2.24, 2.45) is 0 Å². The van der Waals surface area contributed by atoms with Crippen molar-refractivity contribution < 1.29 is 33.4 Å². The monoisotopic (exact) mass is 480 g/mol. The lowest BCUT2D eigenvalue weighted by molar-refractivity contribution is -0.139. The van der Waals surface area contributed by atoms with Crippen molar-refractivity contribution in [3.8, 4) is 11.1 Å². The summed E-state index contributed by atoms with van der Waals surface area (Å²) in [5.41, 5.74) is 2.73. The number of aliphatic carboxylic acids is 1. The molecule has 3 aromatic rings. The Morgan fingerprint density at radius 2 is 1.69 bits per heavy atom. The second-order valence-corrected chi connectivity index (χ2v) is 7.63. The van der Waals surface area contributed by atoms with E-state index in [1.165, 1.54) is 12.1 Å². The van der Waals surface area contributed by atoms with Gasteiger partial charge in [-0.15, -0.1) is 0 Å². The third-order valence-electron chi connectivity index (χ3n) is 5.06. The standard InChI is InChI=1S/C26H25FN2O6/c1-34-16-18-9-5-6-10-22(18)19-11-20(13-21(27)12-19)24(30)28-14-23(25(31)32)29-26(33)35-15-17-7-3-2-4-8-17/h2-13,23H,14-16H2,1H3,(H,28,30)(H,29,33)(H,31,32)/t23-/m1/s1. The summed E-state index contributed by atoms with van der Waals surface area (Å²) < 4.78 is 24.5. The Bertz CT molecular complexity index is 1190. The molecule has 0 spiro atoms. The quantitative estimate of drug-likeness (QED) is 0.407. The average molecular weight is 480 g/mol. The Balaban J connectivity index is 1.65. The maximum absolute atomic E-state index is 14.3. The van der Waals surface area contributed by atoms with Gasteiger partial charge in [-0.3, -0.25) is 4.79 Å². The van der Waals surface area contributed by atoms with E-state index in [4.69, 9.17) is 9.47 Å². The molecule has 9 heteroatoms. The maximum atomic E-state index is 14.3. The Hall–Kier alpha value is -4.24. The summed E-state index contributed by atoms with van der Waals surface area (Å²) in [6.45, 7) is -0.163. The Morgan fingerprint density at radius 3 is 2.40 bits per heavy atom. The molecule has 3 N–H and O–H groups in total. The zero-order valence-electron chi connectivity index (χ0n) is 19.0. The normalized spacial score (nSPS) is 11.4. The largest absolute Gasteiger partial charge is 0.480 e. The number of methoxy groups -OCH3 is 1. The van der Waals surface area contributed by atoms with Crippen molar-refractivity contribution in [3.63, 3.8) is 0 Å². The van der Waals surface area contributed by atoms with Crippen LogP contribution in [0.15, 0.2) is 72.8 Å². The van der Waals surface area contributed by atoms with Gasteiger partial charge < -0.3 is 25.2 Å². The van der Waals surface area contributed by atoms with Crippen molar-refractivity contribution in [2.45, 2.75) is 19.3 Å². The van der Waals surface area contributed by atoms with Crippen LogP contribution >= 0.6 is 0 Å². The molecule has 35 heavy (non-hydrogen) atoms. The van der Waals surface area contributed by atoms with Gasteiger partial charge in [-0.1, -0.05) is 54.6 Å². The lowest BCUT2D eigenvalue weighted by Gasteiger charge is -2.16. The summed E-state index contributed by atoms with van der Waals surface area (Å²) in [5.74, 6) is -2.69. The fourth-order valence-electron chi connectivity index (χ4n) is 3.36. The second-order valence-electron chi connectivity index (χ2n) is 7.63. The van der Waals surface area contributed by atoms with Crippen LogP contribution in [0.4, 0.5) is 9.18 Å². The molecular formula is C26H25FN2O6. The number of hydrogen-bond donors (Lipinski definition) is 3. The molecule has 0 fully saturated rings. The minimum absolute atomic E-state index is 0.00279. The first kappa shape index (κ1) is 25.4. The Morgan fingerprint density at radius 1 is 0.971 bits per heavy atom. The Kier molecular flexibility index (Phi) is 8.91. The summed E-state index contributed by atoms with van der Waals surface area (Å²) in [5, 5.41) is 14.0. The maximum Gasteiger partial charge on any atom is 0.408 e. The molecule has 2 amide bonds. The number of carbonyl (C=O) groups is 3. The van der Waals surface area contributed by atoms with Crippen LogP contribution in [0.2, 0.25) is 0 Å². The number of carboxylic acid groups (broad SMARTS) is 1. The van der Waals surface area contributed by atoms with Gasteiger partial charge in [0.1, 0.15) is 18.5 Å². The smallest absolute Gasteiger partial charge is 0.408 e. The van der Waals surface area contributed by atoms with Gasteiger partial charge in [0.05, 0.1) is 6.61 Å². The van der Waals surface area contributed by atoms with Crippen LogP contribution in [-0.2, 0) is 27.5 Å². The average Bonchev–Trinajstić information content (AvgIpc) is 2.85. The van der Waals surface area contributed by atoms with E-state index < -0.39 is 36.4 Å². The molecular weight excluding hydrogens is 455 g/mol. The van der Waals surface area contributed by atoms with Crippen LogP contribution in [0.25, 0.3) is 11.1 Å².